The molecule has 0 spiro atoms. The maximum Gasteiger partial charge on any atom is 0.173 e. The minimum Gasteiger partial charge on any atom is -0.383 e. The van der Waals surface area contributed by atoms with E-state index < -0.39 is 0 Å². The standard InChI is InChI=1S/C6H6IN5/c1-3-10-5(8)4-2-9-12(7)6(4)11-3/h2H,1H3,(H2,8,10,11). The number of hydrogen-bond donors (Lipinski definition) is 1. The lowest BCUT2D eigenvalue weighted by Gasteiger charge is -1.96. The number of aryl methyl sites for hydroxylation is 1. The fraction of sp³-hybridized carbons (Fsp3) is 0.167. The zero-order valence-corrected chi connectivity index (χ0v) is 8.48. The number of halogens is 1. The molecule has 0 aromatic carbocycles. The van der Waals surface area contributed by atoms with Crippen molar-refractivity contribution in [1.29, 1.82) is 0 Å². The third-order valence-electron chi connectivity index (χ3n) is 1.53. The lowest BCUT2D eigenvalue weighted by Crippen LogP contribution is -1.96. The molecule has 5 nitrogen and oxygen atoms in total. The summed E-state index contributed by atoms with van der Waals surface area (Å²) < 4.78 is 1.65. The number of rotatable bonds is 0. The fourth-order valence-corrected chi connectivity index (χ4v) is 1.51. The molecule has 2 aromatic rings. The van der Waals surface area contributed by atoms with Crippen molar-refractivity contribution in [2.75, 3.05) is 5.73 Å². The predicted molar refractivity (Wildman–Crippen MR) is 53.9 cm³/mol. The van der Waals surface area contributed by atoms with E-state index in [0.29, 0.717) is 11.6 Å². The molecular formula is C6H6IN5. The number of hydrogen-bond acceptors (Lipinski definition) is 4. The Morgan fingerprint density at radius 1 is 1.50 bits per heavy atom. The first-order chi connectivity index (χ1) is 5.68. The smallest absolute Gasteiger partial charge is 0.173 e. The SMILES string of the molecule is Cc1nc(N)c2cnn(I)c2n1. The van der Waals surface area contributed by atoms with E-state index in [-0.39, 0.29) is 0 Å². The van der Waals surface area contributed by atoms with Gasteiger partial charge in [0.1, 0.15) is 11.6 Å². The van der Waals surface area contributed by atoms with E-state index in [4.69, 9.17) is 5.73 Å². The van der Waals surface area contributed by atoms with Crippen molar-refractivity contribution in [3.05, 3.63) is 12.0 Å². The minimum atomic E-state index is 0.486. The van der Waals surface area contributed by atoms with Crippen LogP contribution in [0.2, 0.25) is 0 Å². The summed E-state index contributed by atoms with van der Waals surface area (Å²) in [5.41, 5.74) is 6.43. The van der Waals surface area contributed by atoms with Crippen molar-refractivity contribution in [3.8, 4) is 0 Å². The molecule has 0 fully saturated rings. The van der Waals surface area contributed by atoms with E-state index in [2.05, 4.69) is 15.1 Å². The van der Waals surface area contributed by atoms with Crippen LogP contribution in [-0.2, 0) is 0 Å². The van der Waals surface area contributed by atoms with Gasteiger partial charge in [-0.15, -0.1) is 0 Å². The molecule has 2 heterocycles. The van der Waals surface area contributed by atoms with E-state index >= 15 is 0 Å². The number of nitrogen functional groups attached to an aromatic ring is 1. The molecule has 0 amide bonds. The Bertz CT molecular complexity index is 435. The van der Waals surface area contributed by atoms with Crippen molar-refractivity contribution in [2.45, 2.75) is 6.92 Å². The second-order valence-corrected chi connectivity index (χ2v) is 3.31. The van der Waals surface area contributed by atoms with E-state index in [9.17, 15) is 0 Å². The van der Waals surface area contributed by atoms with E-state index in [1.165, 1.54) is 0 Å². The summed E-state index contributed by atoms with van der Waals surface area (Å²) in [6, 6.07) is 0. The molecule has 0 unspecified atom stereocenters. The van der Waals surface area contributed by atoms with Gasteiger partial charge in [-0.3, -0.25) is 0 Å². The van der Waals surface area contributed by atoms with Crippen molar-refractivity contribution in [1.82, 2.24) is 18.0 Å². The van der Waals surface area contributed by atoms with Gasteiger partial charge < -0.3 is 5.73 Å². The molecule has 0 saturated heterocycles. The van der Waals surface area contributed by atoms with Crippen molar-refractivity contribution < 1.29 is 0 Å². The summed E-state index contributed by atoms with van der Waals surface area (Å²) in [7, 11) is 0. The van der Waals surface area contributed by atoms with Crippen LogP contribution in [0.15, 0.2) is 6.20 Å². The minimum absolute atomic E-state index is 0.486. The molecule has 0 radical (unpaired) electrons. The normalized spacial score (nSPS) is 10.8. The number of nitrogens with zero attached hydrogens (tertiary/aromatic N) is 4. The lowest BCUT2D eigenvalue weighted by atomic mass is 10.4. The maximum atomic E-state index is 5.66. The van der Waals surface area contributed by atoms with Crippen LogP contribution in [0.4, 0.5) is 5.82 Å². The predicted octanol–water partition coefficient (Wildman–Crippen LogP) is 0.915. The number of anilines is 1. The van der Waals surface area contributed by atoms with Gasteiger partial charge in [0.2, 0.25) is 0 Å². The van der Waals surface area contributed by atoms with Gasteiger partial charge in [-0.05, 0) is 6.92 Å². The largest absolute Gasteiger partial charge is 0.383 e. The average molecular weight is 275 g/mol. The topological polar surface area (TPSA) is 69.6 Å². The first-order valence-corrected chi connectivity index (χ1v) is 4.29. The highest BCUT2D eigenvalue weighted by Gasteiger charge is 2.06. The lowest BCUT2D eigenvalue weighted by molar-refractivity contribution is 1.03. The first-order valence-electron chi connectivity index (χ1n) is 3.32. The van der Waals surface area contributed by atoms with Gasteiger partial charge in [0, 0.05) is 0 Å². The Balaban J connectivity index is 2.92. The Labute approximate surface area is 82.5 Å². The van der Waals surface area contributed by atoms with Gasteiger partial charge >= 0.3 is 0 Å². The summed E-state index contributed by atoms with van der Waals surface area (Å²) >= 11 is 2.05. The van der Waals surface area contributed by atoms with Crippen LogP contribution in [0.5, 0.6) is 0 Å². The number of nitrogens with two attached hydrogens (primary N) is 1. The highest BCUT2D eigenvalue weighted by molar-refractivity contribution is 14.1. The highest BCUT2D eigenvalue weighted by Crippen LogP contribution is 2.17. The van der Waals surface area contributed by atoms with Crippen LogP contribution in [0.1, 0.15) is 5.82 Å². The summed E-state index contributed by atoms with van der Waals surface area (Å²) in [4.78, 5) is 8.22. The second-order valence-electron chi connectivity index (χ2n) is 2.40. The molecule has 0 aliphatic carbocycles. The van der Waals surface area contributed by atoms with Gasteiger partial charge in [-0.1, -0.05) is 0 Å². The summed E-state index contributed by atoms with van der Waals surface area (Å²) in [5.74, 6) is 1.15. The molecule has 2 N–H and O–H groups in total. The first kappa shape index (κ1) is 7.71. The molecule has 12 heavy (non-hydrogen) atoms. The van der Waals surface area contributed by atoms with Crippen LogP contribution in [0, 0.1) is 6.92 Å². The molecule has 2 rings (SSSR count). The van der Waals surface area contributed by atoms with Crippen molar-refractivity contribution in [2.24, 2.45) is 0 Å². The Morgan fingerprint density at radius 2 is 2.25 bits per heavy atom. The molecule has 0 saturated carbocycles. The third-order valence-corrected chi connectivity index (χ3v) is 2.24. The molecule has 0 atom stereocenters. The van der Waals surface area contributed by atoms with E-state index in [1.54, 1.807) is 16.0 Å². The molecule has 0 bridgehead atoms. The molecular weight excluding hydrogens is 269 g/mol. The highest BCUT2D eigenvalue weighted by atomic mass is 127. The van der Waals surface area contributed by atoms with Gasteiger partial charge in [-0.25, -0.2) is 9.97 Å². The maximum absolute atomic E-state index is 5.66. The van der Waals surface area contributed by atoms with Crippen molar-refractivity contribution in [3.63, 3.8) is 0 Å². The van der Waals surface area contributed by atoms with Crippen LogP contribution in [-0.4, -0.2) is 18.0 Å². The average Bonchev–Trinajstić information content (AvgIpc) is 2.33. The Kier molecular flexibility index (Phi) is 1.63. The van der Waals surface area contributed by atoms with Crippen molar-refractivity contribution >= 4 is 39.7 Å². The van der Waals surface area contributed by atoms with Crippen LogP contribution in [0.3, 0.4) is 0 Å². The van der Waals surface area contributed by atoms with Gasteiger partial charge in [0.15, 0.2) is 5.65 Å². The van der Waals surface area contributed by atoms with Crippen LogP contribution in [0.25, 0.3) is 11.0 Å². The molecule has 2 aromatic heterocycles. The van der Waals surface area contributed by atoms with E-state index in [1.807, 2.05) is 22.9 Å². The second kappa shape index (κ2) is 2.54. The third kappa shape index (κ3) is 1.02. The Morgan fingerprint density at radius 3 is 3.00 bits per heavy atom. The van der Waals surface area contributed by atoms with Gasteiger partial charge in [0.05, 0.1) is 34.4 Å². The summed E-state index contributed by atoms with van der Waals surface area (Å²) in [6.45, 7) is 1.80. The summed E-state index contributed by atoms with van der Waals surface area (Å²) in [5, 5.41) is 4.82. The van der Waals surface area contributed by atoms with Crippen LogP contribution < -0.4 is 5.73 Å². The molecule has 6 heteroatoms. The van der Waals surface area contributed by atoms with Gasteiger partial charge in [0.25, 0.3) is 0 Å². The number of aromatic nitrogens is 4. The monoisotopic (exact) mass is 275 g/mol. The Hall–Kier alpha value is -0.920. The summed E-state index contributed by atoms with van der Waals surface area (Å²) in [6.07, 6.45) is 1.66. The zero-order valence-electron chi connectivity index (χ0n) is 6.32. The fourth-order valence-electron chi connectivity index (χ4n) is 1.02. The molecule has 0 aliphatic heterocycles. The quantitative estimate of drug-likeness (QED) is 0.726. The zero-order chi connectivity index (χ0) is 8.72. The van der Waals surface area contributed by atoms with Gasteiger partial charge in [-0.2, -0.15) is 7.99 Å². The number of fused-ring (bicyclic) bond motifs is 1. The van der Waals surface area contributed by atoms with Crippen LogP contribution >= 0.6 is 22.9 Å². The molecule has 62 valence electrons. The molecule has 0 aliphatic rings. The van der Waals surface area contributed by atoms with E-state index in [0.717, 1.165) is 11.0 Å².